The number of methoxy groups -OCH3 is 2. The maximum absolute atomic E-state index is 12.3. The lowest BCUT2D eigenvalue weighted by molar-refractivity contribution is 0.102. The van der Waals surface area contributed by atoms with Crippen LogP contribution in [-0.2, 0) is 6.42 Å². The number of rotatable bonds is 6. The second-order valence-electron chi connectivity index (χ2n) is 4.78. The van der Waals surface area contributed by atoms with Crippen LogP contribution in [0, 0.1) is 0 Å². The van der Waals surface area contributed by atoms with Crippen molar-refractivity contribution in [2.75, 3.05) is 19.5 Å². The van der Waals surface area contributed by atoms with Crippen LogP contribution in [0.2, 0.25) is 0 Å². The van der Waals surface area contributed by atoms with Gasteiger partial charge in [0, 0.05) is 10.4 Å². The summed E-state index contributed by atoms with van der Waals surface area (Å²) in [6, 6.07) is 8.86. The Balaban J connectivity index is 1.69. The number of hydrogen-bond donors (Lipinski definition) is 1. The molecule has 124 valence electrons. The van der Waals surface area contributed by atoms with E-state index in [1.165, 1.54) is 14.2 Å². The molecule has 8 heteroatoms. The lowest BCUT2D eigenvalue weighted by atomic mass is 10.2. The molecule has 3 rings (SSSR count). The summed E-state index contributed by atoms with van der Waals surface area (Å²) in [6.45, 7) is 0. The minimum Gasteiger partial charge on any atom is -0.493 e. The lowest BCUT2D eigenvalue weighted by Crippen LogP contribution is -2.12. The van der Waals surface area contributed by atoms with Crippen LogP contribution in [0.15, 0.2) is 40.1 Å². The zero-order chi connectivity index (χ0) is 16.9. The Kier molecular flexibility index (Phi) is 4.76. The van der Waals surface area contributed by atoms with Crippen molar-refractivity contribution in [2.45, 2.75) is 6.42 Å². The summed E-state index contributed by atoms with van der Waals surface area (Å²) in [4.78, 5) is 13.4. The van der Waals surface area contributed by atoms with Gasteiger partial charge >= 0.3 is 6.01 Å². The Hall–Kier alpha value is -2.87. The fourth-order valence-corrected chi connectivity index (χ4v) is 2.78. The number of carbonyl (C=O) groups excluding carboxylic acids is 1. The summed E-state index contributed by atoms with van der Waals surface area (Å²) in [5, 5.41) is 12.3. The van der Waals surface area contributed by atoms with Crippen molar-refractivity contribution in [3.8, 4) is 11.5 Å². The Morgan fingerprint density at radius 1 is 1.21 bits per heavy atom. The van der Waals surface area contributed by atoms with Crippen LogP contribution in [0.1, 0.15) is 21.1 Å². The maximum Gasteiger partial charge on any atom is 0.322 e. The summed E-state index contributed by atoms with van der Waals surface area (Å²) < 4.78 is 15.8. The van der Waals surface area contributed by atoms with Crippen molar-refractivity contribution in [2.24, 2.45) is 0 Å². The van der Waals surface area contributed by atoms with Crippen molar-refractivity contribution >= 4 is 23.3 Å². The van der Waals surface area contributed by atoms with Crippen molar-refractivity contribution in [1.82, 2.24) is 10.2 Å². The number of nitrogens with one attached hydrogen (secondary N) is 1. The van der Waals surface area contributed by atoms with Gasteiger partial charge in [0.15, 0.2) is 11.5 Å². The van der Waals surface area contributed by atoms with Gasteiger partial charge in [-0.3, -0.25) is 10.1 Å². The number of benzene rings is 1. The molecule has 24 heavy (non-hydrogen) atoms. The molecule has 1 aromatic carbocycles. The van der Waals surface area contributed by atoms with Gasteiger partial charge in [-0.1, -0.05) is 11.2 Å². The van der Waals surface area contributed by atoms with Crippen LogP contribution in [-0.4, -0.2) is 30.3 Å². The summed E-state index contributed by atoms with van der Waals surface area (Å²) >= 11 is 1.60. The number of amides is 1. The predicted molar refractivity (Wildman–Crippen MR) is 88.9 cm³/mol. The highest BCUT2D eigenvalue weighted by molar-refractivity contribution is 7.09. The van der Waals surface area contributed by atoms with E-state index in [1.807, 2.05) is 17.5 Å². The van der Waals surface area contributed by atoms with Crippen molar-refractivity contribution in [1.29, 1.82) is 0 Å². The zero-order valence-corrected chi connectivity index (χ0v) is 13.9. The van der Waals surface area contributed by atoms with Crippen LogP contribution in [0.4, 0.5) is 6.01 Å². The van der Waals surface area contributed by atoms with Crippen LogP contribution in [0.3, 0.4) is 0 Å². The van der Waals surface area contributed by atoms with Gasteiger partial charge in [0.2, 0.25) is 5.89 Å². The molecule has 1 amide bonds. The van der Waals surface area contributed by atoms with E-state index in [2.05, 4.69) is 15.5 Å². The Morgan fingerprint density at radius 3 is 2.75 bits per heavy atom. The fraction of sp³-hybridized carbons (Fsp3) is 0.188. The second kappa shape index (κ2) is 7.14. The minimum atomic E-state index is -0.373. The van der Waals surface area contributed by atoms with Gasteiger partial charge < -0.3 is 13.9 Å². The molecule has 0 unspecified atom stereocenters. The lowest BCUT2D eigenvalue weighted by Gasteiger charge is -2.08. The first kappa shape index (κ1) is 16.0. The number of thiophene rings is 1. The molecule has 3 aromatic rings. The van der Waals surface area contributed by atoms with Gasteiger partial charge in [-0.05, 0) is 29.6 Å². The molecule has 0 atom stereocenters. The predicted octanol–water partition coefficient (Wildman–Crippen LogP) is 2.99. The summed E-state index contributed by atoms with van der Waals surface area (Å²) in [5.74, 6) is 1.08. The number of ether oxygens (including phenoxy) is 2. The highest BCUT2D eigenvalue weighted by Crippen LogP contribution is 2.27. The standard InChI is InChI=1S/C16H15N3O4S/c1-21-12-6-5-10(8-13(12)22-2)15(20)17-16-19-18-14(23-16)9-11-4-3-7-24-11/h3-8H,9H2,1-2H3,(H,17,19,20). The highest BCUT2D eigenvalue weighted by Gasteiger charge is 2.14. The van der Waals surface area contributed by atoms with E-state index in [1.54, 1.807) is 29.5 Å². The quantitative estimate of drug-likeness (QED) is 0.739. The molecule has 0 bridgehead atoms. The number of carbonyl (C=O) groups is 1. The van der Waals surface area contributed by atoms with Crippen LogP contribution >= 0.6 is 11.3 Å². The van der Waals surface area contributed by atoms with E-state index in [0.717, 1.165) is 4.88 Å². The zero-order valence-electron chi connectivity index (χ0n) is 13.1. The smallest absolute Gasteiger partial charge is 0.322 e. The molecule has 2 heterocycles. The molecule has 1 N–H and O–H groups in total. The van der Waals surface area contributed by atoms with Crippen LogP contribution < -0.4 is 14.8 Å². The summed E-state index contributed by atoms with van der Waals surface area (Å²) in [6.07, 6.45) is 0.539. The number of nitrogens with zero attached hydrogens (tertiary/aromatic N) is 2. The summed E-state index contributed by atoms with van der Waals surface area (Å²) in [7, 11) is 3.04. The minimum absolute atomic E-state index is 0.0568. The maximum atomic E-state index is 12.3. The van der Waals surface area contributed by atoms with Crippen LogP contribution in [0.5, 0.6) is 11.5 Å². The van der Waals surface area contributed by atoms with Gasteiger partial charge in [-0.25, -0.2) is 0 Å². The average Bonchev–Trinajstić information content (AvgIpc) is 3.26. The van der Waals surface area contributed by atoms with Gasteiger partial charge in [0.25, 0.3) is 5.91 Å². The first-order valence-electron chi connectivity index (χ1n) is 7.07. The molecule has 7 nitrogen and oxygen atoms in total. The third-order valence-electron chi connectivity index (χ3n) is 3.24. The third kappa shape index (κ3) is 3.54. The van der Waals surface area contributed by atoms with E-state index in [9.17, 15) is 4.79 Å². The molecule has 0 spiro atoms. The van der Waals surface area contributed by atoms with E-state index in [0.29, 0.717) is 29.4 Å². The fourth-order valence-electron chi connectivity index (χ4n) is 2.08. The van der Waals surface area contributed by atoms with E-state index >= 15 is 0 Å². The molecule has 0 saturated heterocycles. The van der Waals surface area contributed by atoms with Crippen LogP contribution in [0.25, 0.3) is 0 Å². The molecular weight excluding hydrogens is 330 g/mol. The molecular formula is C16H15N3O4S. The number of aromatic nitrogens is 2. The summed E-state index contributed by atoms with van der Waals surface area (Å²) in [5.41, 5.74) is 0.394. The Bertz CT molecular complexity index is 830. The highest BCUT2D eigenvalue weighted by atomic mass is 32.1. The average molecular weight is 345 g/mol. The second-order valence-corrected chi connectivity index (χ2v) is 5.81. The molecule has 0 aliphatic carbocycles. The van der Waals surface area contributed by atoms with E-state index < -0.39 is 0 Å². The molecule has 0 radical (unpaired) electrons. The van der Waals surface area contributed by atoms with Gasteiger partial charge in [0.05, 0.1) is 20.6 Å². The monoisotopic (exact) mass is 345 g/mol. The molecule has 0 aliphatic rings. The molecule has 0 saturated carbocycles. The topological polar surface area (TPSA) is 86.5 Å². The number of anilines is 1. The Labute approximate surface area is 142 Å². The first-order chi connectivity index (χ1) is 11.7. The van der Waals surface area contributed by atoms with Gasteiger partial charge in [-0.15, -0.1) is 16.4 Å². The van der Waals surface area contributed by atoms with E-state index in [4.69, 9.17) is 13.9 Å². The number of hydrogen-bond acceptors (Lipinski definition) is 7. The SMILES string of the molecule is COc1ccc(C(=O)Nc2nnc(Cc3cccs3)o2)cc1OC. The van der Waals surface area contributed by atoms with Crippen molar-refractivity contribution in [3.63, 3.8) is 0 Å². The molecule has 0 aliphatic heterocycles. The van der Waals surface area contributed by atoms with Gasteiger partial charge in [-0.2, -0.15) is 0 Å². The third-order valence-corrected chi connectivity index (χ3v) is 4.11. The van der Waals surface area contributed by atoms with Gasteiger partial charge in [0.1, 0.15) is 0 Å². The van der Waals surface area contributed by atoms with Crippen molar-refractivity contribution in [3.05, 3.63) is 52.0 Å². The van der Waals surface area contributed by atoms with Crippen molar-refractivity contribution < 1.29 is 18.7 Å². The van der Waals surface area contributed by atoms with E-state index in [-0.39, 0.29) is 11.9 Å². The molecule has 2 aromatic heterocycles. The normalized spacial score (nSPS) is 10.4. The first-order valence-corrected chi connectivity index (χ1v) is 7.95. The largest absolute Gasteiger partial charge is 0.493 e. The molecule has 0 fully saturated rings. The Morgan fingerprint density at radius 2 is 2.04 bits per heavy atom.